The Labute approximate surface area is 184 Å². The Hall–Kier alpha value is -4.40. The molecule has 33 heavy (non-hydrogen) atoms. The molecule has 0 fully saturated rings. The summed E-state index contributed by atoms with van der Waals surface area (Å²) in [4.78, 5) is 30.0. The Balaban J connectivity index is 1.85. The number of halogens is 3. The molecule has 12 heteroatoms. The van der Waals surface area contributed by atoms with E-state index < -0.39 is 28.9 Å². The number of nitrogens with zero attached hydrogens (tertiary/aromatic N) is 5. The number of aromatic nitrogens is 3. The van der Waals surface area contributed by atoms with Crippen molar-refractivity contribution in [3.05, 3.63) is 75.7 Å². The first kappa shape index (κ1) is 23.3. The van der Waals surface area contributed by atoms with Crippen LogP contribution in [0.5, 0.6) is 6.01 Å². The van der Waals surface area contributed by atoms with Gasteiger partial charge in [-0.25, -0.2) is 14.0 Å². The maximum absolute atomic E-state index is 12.9. The summed E-state index contributed by atoms with van der Waals surface area (Å²) >= 11 is 0. The summed E-state index contributed by atoms with van der Waals surface area (Å²) in [5, 5.41) is 16.7. The molecule has 3 rings (SSSR count). The van der Waals surface area contributed by atoms with E-state index in [-0.39, 0.29) is 18.2 Å². The smallest absolute Gasteiger partial charge is 0.416 e. The number of para-hydroxylation sites is 1. The van der Waals surface area contributed by atoms with Gasteiger partial charge in [0.05, 0.1) is 18.4 Å². The largest absolute Gasteiger partial charge is 0.467 e. The molecule has 0 aliphatic carbocycles. The maximum atomic E-state index is 12.9. The standard InChI is InChI=1S/C21H16F3N5O4/c1-28-20(31)29(19(26-28)32-2)17-9-4-3-6-14(17)12-33-27-16(11-25)18(30)13-7-5-8-15(10-13)21(22,23)24/h3-10H,12H2,1-2H3/b27-16-. The summed E-state index contributed by atoms with van der Waals surface area (Å²) in [5.41, 5.74) is -1.80. The first-order chi connectivity index (χ1) is 15.7. The highest BCUT2D eigenvalue weighted by atomic mass is 19.4. The average Bonchev–Trinajstić information content (AvgIpc) is 3.09. The number of alkyl halides is 3. The number of rotatable bonds is 7. The summed E-state index contributed by atoms with van der Waals surface area (Å²) in [5.74, 6) is -1.03. The summed E-state index contributed by atoms with van der Waals surface area (Å²) in [6.45, 7) is -0.262. The molecule has 0 bridgehead atoms. The molecular weight excluding hydrogens is 443 g/mol. The van der Waals surface area contributed by atoms with Gasteiger partial charge in [0.1, 0.15) is 12.7 Å². The number of aryl methyl sites for hydroxylation is 1. The van der Waals surface area contributed by atoms with E-state index in [0.717, 1.165) is 22.9 Å². The molecule has 1 aromatic heterocycles. The normalized spacial score (nSPS) is 11.7. The Kier molecular flexibility index (Phi) is 6.62. The fourth-order valence-corrected chi connectivity index (χ4v) is 2.88. The molecule has 3 aromatic rings. The van der Waals surface area contributed by atoms with Crippen LogP contribution in [0, 0.1) is 11.3 Å². The third kappa shape index (κ3) is 4.93. The van der Waals surface area contributed by atoms with Crippen molar-refractivity contribution in [2.24, 2.45) is 12.2 Å². The highest BCUT2D eigenvalue weighted by Crippen LogP contribution is 2.29. The lowest BCUT2D eigenvalue weighted by Gasteiger charge is -2.10. The molecule has 0 unspecified atom stereocenters. The Bertz CT molecular complexity index is 1320. The summed E-state index contributed by atoms with van der Waals surface area (Å²) in [6.07, 6.45) is -4.65. The molecule has 0 saturated carbocycles. The van der Waals surface area contributed by atoms with E-state index in [1.807, 2.05) is 0 Å². The molecule has 170 valence electrons. The van der Waals surface area contributed by atoms with Gasteiger partial charge in [0, 0.05) is 18.2 Å². The van der Waals surface area contributed by atoms with Gasteiger partial charge < -0.3 is 9.57 Å². The molecule has 0 saturated heterocycles. The lowest BCUT2D eigenvalue weighted by molar-refractivity contribution is -0.137. The third-order valence-corrected chi connectivity index (χ3v) is 4.46. The van der Waals surface area contributed by atoms with Crippen molar-refractivity contribution in [3.8, 4) is 17.8 Å². The van der Waals surface area contributed by atoms with Crippen LogP contribution in [-0.4, -0.2) is 33.0 Å². The fourth-order valence-electron chi connectivity index (χ4n) is 2.88. The van der Waals surface area contributed by atoms with Gasteiger partial charge in [0.2, 0.25) is 11.5 Å². The number of hydrogen-bond acceptors (Lipinski definition) is 7. The molecule has 0 amide bonds. The van der Waals surface area contributed by atoms with E-state index in [2.05, 4.69) is 10.3 Å². The Morgan fingerprint density at radius 3 is 2.61 bits per heavy atom. The summed E-state index contributed by atoms with van der Waals surface area (Å²) < 4.78 is 46.1. The van der Waals surface area contributed by atoms with Gasteiger partial charge in [-0.05, 0) is 18.2 Å². The highest BCUT2D eigenvalue weighted by Gasteiger charge is 2.31. The van der Waals surface area contributed by atoms with Crippen LogP contribution in [0.15, 0.2) is 58.5 Å². The second kappa shape index (κ2) is 9.39. The van der Waals surface area contributed by atoms with Gasteiger partial charge in [-0.1, -0.05) is 35.5 Å². The van der Waals surface area contributed by atoms with Crippen LogP contribution in [0.4, 0.5) is 13.2 Å². The van der Waals surface area contributed by atoms with Crippen LogP contribution >= 0.6 is 0 Å². The molecule has 0 radical (unpaired) electrons. The topological polar surface area (TPSA) is 112 Å². The van der Waals surface area contributed by atoms with E-state index in [1.165, 1.54) is 24.8 Å². The zero-order valence-electron chi connectivity index (χ0n) is 17.3. The number of oxime groups is 1. The van der Waals surface area contributed by atoms with Crippen LogP contribution in [0.3, 0.4) is 0 Å². The minimum atomic E-state index is -4.65. The summed E-state index contributed by atoms with van der Waals surface area (Å²) in [7, 11) is 2.80. The quantitative estimate of drug-likeness (QED) is 0.305. The number of hydrogen-bond donors (Lipinski definition) is 0. The lowest BCUT2D eigenvalue weighted by Crippen LogP contribution is -2.22. The predicted molar refractivity (Wildman–Crippen MR) is 109 cm³/mol. The fraction of sp³-hybridized carbons (Fsp3) is 0.190. The molecule has 0 aliphatic heterocycles. The monoisotopic (exact) mass is 459 g/mol. The number of methoxy groups -OCH3 is 1. The van der Waals surface area contributed by atoms with Crippen molar-refractivity contribution in [3.63, 3.8) is 0 Å². The number of ketones is 1. The SMILES string of the molecule is COc1nn(C)c(=O)n1-c1ccccc1CO/N=C(/C#N)C(=O)c1cccc(C(F)(F)F)c1. The number of carbonyl (C=O) groups excluding carboxylic acids is 1. The van der Waals surface area contributed by atoms with Gasteiger partial charge >= 0.3 is 17.9 Å². The molecule has 0 atom stereocenters. The lowest BCUT2D eigenvalue weighted by atomic mass is 10.0. The molecule has 0 N–H and O–H groups in total. The molecule has 0 spiro atoms. The average molecular weight is 459 g/mol. The van der Waals surface area contributed by atoms with Crippen molar-refractivity contribution in [1.29, 1.82) is 5.26 Å². The van der Waals surface area contributed by atoms with Crippen molar-refractivity contribution in [2.75, 3.05) is 7.11 Å². The van der Waals surface area contributed by atoms with Gasteiger partial charge in [-0.3, -0.25) is 4.79 Å². The second-order valence-electron chi connectivity index (χ2n) is 6.59. The summed E-state index contributed by atoms with van der Waals surface area (Å²) in [6, 6.07) is 11.7. The van der Waals surface area contributed by atoms with Crippen molar-refractivity contribution >= 4 is 11.5 Å². The van der Waals surface area contributed by atoms with E-state index >= 15 is 0 Å². The van der Waals surface area contributed by atoms with E-state index in [1.54, 1.807) is 24.3 Å². The minimum absolute atomic E-state index is 0.0240. The first-order valence-corrected chi connectivity index (χ1v) is 9.27. The van der Waals surface area contributed by atoms with Crippen LogP contribution in [-0.2, 0) is 24.7 Å². The van der Waals surface area contributed by atoms with Gasteiger partial charge in [0.25, 0.3) is 0 Å². The van der Waals surface area contributed by atoms with Gasteiger partial charge in [-0.2, -0.15) is 18.4 Å². The van der Waals surface area contributed by atoms with Crippen LogP contribution < -0.4 is 10.4 Å². The number of benzene rings is 2. The second-order valence-corrected chi connectivity index (χ2v) is 6.59. The zero-order chi connectivity index (χ0) is 24.2. The third-order valence-electron chi connectivity index (χ3n) is 4.46. The van der Waals surface area contributed by atoms with Gasteiger partial charge in [0.15, 0.2) is 0 Å². The van der Waals surface area contributed by atoms with Crippen molar-refractivity contribution in [1.82, 2.24) is 14.3 Å². The number of Topliss-reactive ketones (excluding diaryl/α,β-unsaturated/α-hetero) is 1. The van der Waals surface area contributed by atoms with E-state index in [4.69, 9.17) is 9.57 Å². The van der Waals surface area contributed by atoms with Crippen LogP contribution in [0.2, 0.25) is 0 Å². The zero-order valence-corrected chi connectivity index (χ0v) is 17.3. The molecule has 2 aromatic carbocycles. The highest BCUT2D eigenvalue weighted by molar-refractivity contribution is 6.51. The predicted octanol–water partition coefficient (Wildman–Crippen LogP) is 2.88. The number of nitriles is 1. The van der Waals surface area contributed by atoms with E-state index in [9.17, 15) is 28.0 Å². The van der Waals surface area contributed by atoms with Crippen LogP contribution in [0.1, 0.15) is 21.5 Å². The Morgan fingerprint density at radius 2 is 1.94 bits per heavy atom. The van der Waals surface area contributed by atoms with Gasteiger partial charge in [-0.15, -0.1) is 5.10 Å². The Morgan fingerprint density at radius 1 is 1.21 bits per heavy atom. The number of ether oxygens (including phenoxy) is 1. The maximum Gasteiger partial charge on any atom is 0.416 e. The molecule has 9 nitrogen and oxygen atoms in total. The first-order valence-electron chi connectivity index (χ1n) is 9.27. The van der Waals surface area contributed by atoms with Crippen molar-refractivity contribution < 1.29 is 27.5 Å². The molecule has 0 aliphatic rings. The molecule has 1 heterocycles. The molecular formula is C21H16F3N5O4. The minimum Gasteiger partial charge on any atom is -0.467 e. The van der Waals surface area contributed by atoms with Crippen molar-refractivity contribution in [2.45, 2.75) is 12.8 Å². The van der Waals surface area contributed by atoms with Crippen LogP contribution in [0.25, 0.3) is 5.69 Å². The van der Waals surface area contributed by atoms with E-state index in [0.29, 0.717) is 17.3 Å². The number of carbonyl (C=O) groups is 1.